The lowest BCUT2D eigenvalue weighted by Gasteiger charge is -2.38. The first-order valence-electron chi connectivity index (χ1n) is 10.8. The molecule has 3 amide bonds. The third-order valence-corrected chi connectivity index (χ3v) is 5.29. The van der Waals surface area contributed by atoms with Gasteiger partial charge in [0.05, 0.1) is 22.3 Å². The lowest BCUT2D eigenvalue weighted by atomic mass is 9.89. The summed E-state index contributed by atoms with van der Waals surface area (Å²) in [5, 5.41) is 7.76. The van der Waals surface area contributed by atoms with Crippen molar-refractivity contribution in [2.45, 2.75) is 64.5 Å². The lowest BCUT2D eigenvalue weighted by Crippen LogP contribution is -2.42. The predicted octanol–water partition coefficient (Wildman–Crippen LogP) is 7.13. The smallest absolute Gasteiger partial charge is 0.416 e. The Morgan fingerprint density at radius 1 is 1.09 bits per heavy atom. The van der Waals surface area contributed by atoms with Crippen molar-refractivity contribution in [2.75, 3.05) is 10.6 Å². The van der Waals surface area contributed by atoms with Crippen LogP contribution in [-0.4, -0.2) is 23.3 Å². The van der Waals surface area contributed by atoms with Gasteiger partial charge in [-0.25, -0.2) is 9.59 Å². The largest absolute Gasteiger partial charge is 0.487 e. The summed E-state index contributed by atoms with van der Waals surface area (Å²) in [5.74, 6) is 0.499. The summed E-state index contributed by atoms with van der Waals surface area (Å²) in [6, 6.07) is 6.32. The van der Waals surface area contributed by atoms with Crippen LogP contribution in [-0.2, 0) is 10.9 Å². The fourth-order valence-electron chi connectivity index (χ4n) is 3.60. The van der Waals surface area contributed by atoms with Gasteiger partial charge in [-0.3, -0.25) is 5.32 Å². The van der Waals surface area contributed by atoms with Crippen LogP contribution in [0, 0.1) is 0 Å². The second kappa shape index (κ2) is 9.49. The molecular weight excluding hydrogens is 487 g/mol. The van der Waals surface area contributed by atoms with Crippen molar-refractivity contribution in [1.29, 1.82) is 0 Å². The minimum atomic E-state index is -4.58. The molecule has 2 aromatic rings. The first-order chi connectivity index (χ1) is 16.0. The molecule has 11 heteroatoms. The maximum Gasteiger partial charge on any atom is 0.416 e. The van der Waals surface area contributed by atoms with Gasteiger partial charge in [0.15, 0.2) is 0 Å². The van der Waals surface area contributed by atoms with E-state index in [0.717, 1.165) is 18.2 Å². The zero-order valence-electron chi connectivity index (χ0n) is 19.9. The number of fused-ring (bicyclic) bond motifs is 1. The van der Waals surface area contributed by atoms with Crippen LogP contribution < -0.4 is 20.7 Å². The third-order valence-electron chi connectivity index (χ3n) is 4.96. The highest BCUT2D eigenvalue weighted by molar-refractivity contribution is 6.33. The van der Waals surface area contributed by atoms with Gasteiger partial charge in [-0.15, -0.1) is 0 Å². The van der Waals surface area contributed by atoms with Gasteiger partial charge in [-0.2, -0.15) is 13.2 Å². The molecule has 0 aliphatic carbocycles. The van der Waals surface area contributed by atoms with Crippen molar-refractivity contribution in [3.05, 3.63) is 52.5 Å². The molecule has 0 fully saturated rings. The number of carbonyl (C=O) groups excluding carboxylic acids is 2. The molecule has 0 unspecified atom stereocenters. The number of ether oxygens (including phenoxy) is 2. The number of rotatable bonds is 3. The maximum absolute atomic E-state index is 13.1. The quantitative estimate of drug-likeness (QED) is 0.407. The zero-order chi connectivity index (χ0) is 26.2. The molecule has 0 bridgehead atoms. The molecule has 2 aromatic carbocycles. The van der Waals surface area contributed by atoms with E-state index < -0.39 is 41.1 Å². The number of nitrogens with one attached hydrogen (secondary N) is 3. The van der Waals surface area contributed by atoms with Gasteiger partial charge in [0.25, 0.3) is 0 Å². The lowest BCUT2D eigenvalue weighted by molar-refractivity contribution is -0.137. The van der Waals surface area contributed by atoms with Crippen molar-refractivity contribution in [1.82, 2.24) is 5.32 Å². The Morgan fingerprint density at radius 3 is 2.40 bits per heavy atom. The fourth-order valence-corrected chi connectivity index (χ4v) is 3.76. The van der Waals surface area contributed by atoms with Gasteiger partial charge < -0.3 is 20.1 Å². The average molecular weight is 514 g/mol. The van der Waals surface area contributed by atoms with E-state index in [2.05, 4.69) is 16.0 Å². The number of halogens is 4. The highest BCUT2D eigenvalue weighted by atomic mass is 35.5. The van der Waals surface area contributed by atoms with Crippen LogP contribution in [0.5, 0.6) is 5.75 Å². The number of benzene rings is 2. The second-order valence-corrected chi connectivity index (χ2v) is 10.2. The van der Waals surface area contributed by atoms with E-state index in [1.807, 2.05) is 13.8 Å². The van der Waals surface area contributed by atoms with E-state index in [4.69, 9.17) is 21.1 Å². The van der Waals surface area contributed by atoms with E-state index in [1.165, 1.54) is 0 Å². The number of hydrogen-bond donors (Lipinski definition) is 3. The molecule has 0 radical (unpaired) electrons. The van der Waals surface area contributed by atoms with Crippen LogP contribution >= 0.6 is 11.6 Å². The first kappa shape index (κ1) is 26.5. The molecule has 1 heterocycles. The molecule has 1 aliphatic heterocycles. The van der Waals surface area contributed by atoms with Gasteiger partial charge in [0.1, 0.15) is 17.0 Å². The van der Waals surface area contributed by atoms with Gasteiger partial charge in [-0.05, 0) is 71.0 Å². The van der Waals surface area contributed by atoms with E-state index >= 15 is 0 Å². The highest BCUT2D eigenvalue weighted by Crippen LogP contribution is 2.41. The topological polar surface area (TPSA) is 88.7 Å². The molecular formula is C24H27ClF3N3O4. The second-order valence-electron chi connectivity index (χ2n) is 9.79. The van der Waals surface area contributed by atoms with Gasteiger partial charge in [0, 0.05) is 17.7 Å². The molecule has 1 atom stereocenters. The Kier molecular flexibility index (Phi) is 7.17. The van der Waals surface area contributed by atoms with Crippen LogP contribution in [0.3, 0.4) is 0 Å². The Morgan fingerprint density at radius 2 is 1.77 bits per heavy atom. The number of carbonyl (C=O) groups is 2. The molecule has 3 rings (SSSR count). The van der Waals surface area contributed by atoms with Crippen molar-refractivity contribution < 1.29 is 32.2 Å². The predicted molar refractivity (Wildman–Crippen MR) is 127 cm³/mol. The number of urea groups is 1. The van der Waals surface area contributed by atoms with Crippen molar-refractivity contribution in [3.63, 3.8) is 0 Å². The van der Waals surface area contributed by atoms with Crippen molar-refractivity contribution >= 4 is 35.1 Å². The SMILES string of the molecule is CC(C)(C)OC(=O)Nc1ccc2c(c1)[C@H](NC(=O)Nc1cc(C(F)(F)F)ccc1Cl)CC(C)(C)O2. The molecule has 190 valence electrons. The minimum Gasteiger partial charge on any atom is -0.487 e. The van der Waals surface area contributed by atoms with Crippen LogP contribution in [0.1, 0.15) is 58.2 Å². The Hall–Kier alpha value is -3.14. The standard InChI is InChI=1S/C24H27ClF3N3O4/c1-22(2,3)35-21(33)29-14-7-9-19-15(11-14)18(12-23(4,5)34-19)31-20(32)30-17-10-13(24(26,27)28)6-8-16(17)25/h6-11,18H,12H2,1-5H3,(H,29,33)(H2,30,31,32)/t18-/m1/s1. The molecule has 35 heavy (non-hydrogen) atoms. The number of alkyl halides is 3. The fraction of sp³-hybridized carbons (Fsp3) is 0.417. The van der Waals surface area contributed by atoms with Gasteiger partial charge in [0.2, 0.25) is 0 Å². The van der Waals surface area contributed by atoms with E-state index in [-0.39, 0.29) is 10.7 Å². The molecule has 3 N–H and O–H groups in total. The average Bonchev–Trinajstić information content (AvgIpc) is 2.67. The highest BCUT2D eigenvalue weighted by Gasteiger charge is 2.35. The maximum atomic E-state index is 13.1. The number of amides is 3. The zero-order valence-corrected chi connectivity index (χ0v) is 20.6. The summed E-state index contributed by atoms with van der Waals surface area (Å²) >= 11 is 5.99. The summed E-state index contributed by atoms with van der Waals surface area (Å²) in [5.41, 5.74) is -1.42. The normalized spacial score (nSPS) is 17.0. The van der Waals surface area contributed by atoms with Crippen LogP contribution in [0.2, 0.25) is 5.02 Å². The summed E-state index contributed by atoms with van der Waals surface area (Å²) in [6.07, 6.45) is -4.87. The van der Waals surface area contributed by atoms with E-state index in [0.29, 0.717) is 23.4 Å². The van der Waals surface area contributed by atoms with Gasteiger partial charge >= 0.3 is 18.3 Å². The molecule has 0 saturated heterocycles. The molecule has 0 saturated carbocycles. The minimum absolute atomic E-state index is 0.0373. The Balaban J connectivity index is 1.81. The monoisotopic (exact) mass is 513 g/mol. The van der Waals surface area contributed by atoms with E-state index in [1.54, 1.807) is 39.0 Å². The van der Waals surface area contributed by atoms with Crippen LogP contribution in [0.4, 0.5) is 34.1 Å². The van der Waals surface area contributed by atoms with Crippen LogP contribution in [0.15, 0.2) is 36.4 Å². The number of hydrogen-bond acceptors (Lipinski definition) is 4. The first-order valence-corrected chi connectivity index (χ1v) is 11.2. The molecule has 7 nitrogen and oxygen atoms in total. The molecule has 0 spiro atoms. The molecule has 1 aliphatic rings. The summed E-state index contributed by atoms with van der Waals surface area (Å²) in [4.78, 5) is 24.9. The summed E-state index contributed by atoms with van der Waals surface area (Å²) < 4.78 is 50.4. The van der Waals surface area contributed by atoms with Crippen molar-refractivity contribution in [3.8, 4) is 5.75 Å². The van der Waals surface area contributed by atoms with Gasteiger partial charge in [-0.1, -0.05) is 11.6 Å². The third kappa shape index (κ3) is 7.17. The van der Waals surface area contributed by atoms with Crippen LogP contribution in [0.25, 0.3) is 0 Å². The summed E-state index contributed by atoms with van der Waals surface area (Å²) in [7, 11) is 0. The van der Waals surface area contributed by atoms with Crippen molar-refractivity contribution in [2.24, 2.45) is 0 Å². The molecule has 0 aromatic heterocycles. The Labute approximate surface area is 206 Å². The number of anilines is 2. The Bertz CT molecular complexity index is 1130. The summed E-state index contributed by atoms with van der Waals surface area (Å²) in [6.45, 7) is 8.91. The van der Waals surface area contributed by atoms with E-state index in [9.17, 15) is 22.8 Å².